The summed E-state index contributed by atoms with van der Waals surface area (Å²) >= 11 is 0. The zero-order valence-corrected chi connectivity index (χ0v) is 24.3. The minimum atomic E-state index is -2.35. The smallest absolute Gasteiger partial charge is 0.315 e. The standard InChI is InChI=1S/C16H42O6Si5/c1-17-23(25(5,6)7)20-26(8,9)22-27(10,21-24(2,3)4)13-11-12-18-14-16-15-19-16/h16,23H,11-15H2,1-10H3. The monoisotopic (exact) mass is 470 g/mol. The Morgan fingerprint density at radius 3 is 2.00 bits per heavy atom. The third-order valence-corrected chi connectivity index (χ3v) is 24.0. The molecule has 0 aromatic rings. The van der Waals surface area contributed by atoms with Crippen molar-refractivity contribution in [2.24, 2.45) is 0 Å². The van der Waals surface area contributed by atoms with Gasteiger partial charge in [0.1, 0.15) is 6.10 Å². The Morgan fingerprint density at radius 2 is 1.56 bits per heavy atom. The molecule has 0 saturated carbocycles. The van der Waals surface area contributed by atoms with Gasteiger partial charge in [-0.25, -0.2) is 0 Å². The number of epoxide rings is 1. The summed E-state index contributed by atoms with van der Waals surface area (Å²) in [5.74, 6) is 0. The third-order valence-electron chi connectivity index (χ3n) is 3.92. The highest BCUT2D eigenvalue weighted by Crippen LogP contribution is 2.27. The summed E-state index contributed by atoms with van der Waals surface area (Å²) in [5.41, 5.74) is 0. The van der Waals surface area contributed by atoms with E-state index in [-0.39, 0.29) is 0 Å². The number of hydrogen-bond donors (Lipinski definition) is 0. The largest absolute Gasteiger partial charge is 0.437 e. The second-order valence-electron chi connectivity index (χ2n) is 10.0. The molecule has 0 aliphatic carbocycles. The van der Waals surface area contributed by atoms with Crippen molar-refractivity contribution < 1.29 is 26.2 Å². The molecule has 1 heterocycles. The van der Waals surface area contributed by atoms with E-state index in [1.54, 1.807) is 7.11 Å². The first-order valence-electron chi connectivity index (χ1n) is 9.96. The molecule has 162 valence electrons. The normalized spacial score (nSPS) is 21.8. The molecule has 6 nitrogen and oxygen atoms in total. The first-order valence-corrected chi connectivity index (χ1v) is 25.0. The van der Waals surface area contributed by atoms with Crippen LogP contribution in [-0.2, 0) is 26.2 Å². The first kappa shape index (κ1) is 25.9. The minimum Gasteiger partial charge on any atom is -0.437 e. The van der Waals surface area contributed by atoms with Crippen LogP contribution in [0.3, 0.4) is 0 Å². The molecule has 0 N–H and O–H groups in total. The summed E-state index contributed by atoms with van der Waals surface area (Å²) in [5, 5.41) is 0. The second kappa shape index (κ2) is 10.2. The van der Waals surface area contributed by atoms with E-state index in [1.165, 1.54) is 0 Å². The molecular formula is C16H42O6Si5. The predicted octanol–water partition coefficient (Wildman–Crippen LogP) is 3.73. The molecule has 1 fully saturated rings. The van der Waals surface area contributed by atoms with Crippen LogP contribution in [0.5, 0.6) is 0 Å². The van der Waals surface area contributed by atoms with Crippen LogP contribution in [0.15, 0.2) is 0 Å². The van der Waals surface area contributed by atoms with Gasteiger partial charge in [-0.1, -0.05) is 19.6 Å². The Labute approximate surface area is 172 Å². The molecule has 1 aliphatic heterocycles. The molecule has 0 aromatic carbocycles. The fourth-order valence-corrected chi connectivity index (χ4v) is 27.6. The van der Waals surface area contributed by atoms with Crippen molar-refractivity contribution in [2.45, 2.75) is 77.5 Å². The average molecular weight is 471 g/mol. The molecule has 0 amide bonds. The van der Waals surface area contributed by atoms with Crippen molar-refractivity contribution in [1.29, 1.82) is 0 Å². The Morgan fingerprint density at radius 1 is 0.963 bits per heavy atom. The first-order chi connectivity index (χ1) is 12.2. The van der Waals surface area contributed by atoms with Gasteiger partial charge in [-0.05, 0) is 51.7 Å². The van der Waals surface area contributed by atoms with Gasteiger partial charge in [0.05, 0.1) is 20.8 Å². The molecular weight excluding hydrogens is 429 g/mol. The highest BCUT2D eigenvalue weighted by atomic mass is 29.3. The van der Waals surface area contributed by atoms with Crippen molar-refractivity contribution >= 4 is 41.8 Å². The van der Waals surface area contributed by atoms with E-state index >= 15 is 0 Å². The molecule has 1 rings (SSSR count). The van der Waals surface area contributed by atoms with Crippen molar-refractivity contribution in [1.82, 2.24) is 0 Å². The van der Waals surface area contributed by atoms with E-state index in [9.17, 15) is 0 Å². The van der Waals surface area contributed by atoms with Gasteiger partial charge in [-0.2, -0.15) is 0 Å². The summed E-state index contributed by atoms with van der Waals surface area (Å²) in [6.07, 6.45) is 1.27. The Hall–Kier alpha value is 0.844. The Balaban J connectivity index is 2.68. The molecule has 11 heteroatoms. The minimum absolute atomic E-state index is 0.320. The molecule has 0 bridgehead atoms. The van der Waals surface area contributed by atoms with Crippen LogP contribution in [0.4, 0.5) is 0 Å². The Bertz CT molecular complexity index is 450. The lowest BCUT2D eigenvalue weighted by molar-refractivity contribution is 0.115. The van der Waals surface area contributed by atoms with Gasteiger partial charge in [0.15, 0.2) is 8.32 Å². The predicted molar refractivity (Wildman–Crippen MR) is 123 cm³/mol. The second-order valence-corrected chi connectivity index (χ2v) is 34.9. The zero-order chi connectivity index (χ0) is 20.9. The van der Waals surface area contributed by atoms with Crippen LogP contribution in [0, 0.1) is 0 Å². The summed E-state index contributed by atoms with van der Waals surface area (Å²) in [6.45, 7) is 22.4. The number of hydrogen-bond acceptors (Lipinski definition) is 6. The van der Waals surface area contributed by atoms with Crippen LogP contribution in [0.25, 0.3) is 0 Å². The lowest BCUT2D eigenvalue weighted by atomic mass is 10.5. The van der Waals surface area contributed by atoms with E-state index < -0.39 is 41.8 Å². The number of ether oxygens (including phenoxy) is 2. The fourth-order valence-electron chi connectivity index (χ4n) is 3.03. The molecule has 1 saturated heterocycles. The maximum absolute atomic E-state index is 6.73. The quantitative estimate of drug-likeness (QED) is 0.219. The van der Waals surface area contributed by atoms with Gasteiger partial charge in [-0.3, -0.25) is 0 Å². The highest BCUT2D eigenvalue weighted by Gasteiger charge is 2.45. The van der Waals surface area contributed by atoms with Crippen LogP contribution >= 0.6 is 0 Å². The van der Waals surface area contributed by atoms with E-state index in [0.717, 1.165) is 25.7 Å². The van der Waals surface area contributed by atoms with Gasteiger partial charge in [0, 0.05) is 13.7 Å². The van der Waals surface area contributed by atoms with Crippen LogP contribution in [-0.4, -0.2) is 74.9 Å². The van der Waals surface area contributed by atoms with E-state index in [2.05, 4.69) is 58.9 Å². The fraction of sp³-hybridized carbons (Fsp3) is 1.00. The summed E-state index contributed by atoms with van der Waals surface area (Å²) in [7, 11) is -7.78. The molecule has 1 aliphatic rings. The molecule has 0 aromatic heterocycles. The van der Waals surface area contributed by atoms with Crippen LogP contribution in [0.2, 0.25) is 65.0 Å². The van der Waals surface area contributed by atoms with E-state index in [0.29, 0.717) is 12.7 Å². The van der Waals surface area contributed by atoms with Gasteiger partial charge >= 0.3 is 17.1 Å². The summed E-state index contributed by atoms with van der Waals surface area (Å²) in [4.78, 5) is 0. The van der Waals surface area contributed by atoms with Gasteiger partial charge in [0.2, 0.25) is 0 Å². The molecule has 27 heavy (non-hydrogen) atoms. The van der Waals surface area contributed by atoms with Crippen molar-refractivity contribution in [3.8, 4) is 0 Å². The number of rotatable bonds is 14. The van der Waals surface area contributed by atoms with E-state index in [1.807, 2.05) is 0 Å². The van der Waals surface area contributed by atoms with Gasteiger partial charge in [-0.15, -0.1) is 0 Å². The van der Waals surface area contributed by atoms with Gasteiger partial charge < -0.3 is 26.2 Å². The lowest BCUT2D eigenvalue weighted by Crippen LogP contribution is -2.59. The molecule has 3 atom stereocenters. The topological polar surface area (TPSA) is 58.7 Å². The van der Waals surface area contributed by atoms with Crippen LogP contribution < -0.4 is 0 Å². The zero-order valence-electron chi connectivity index (χ0n) is 19.1. The highest BCUT2D eigenvalue weighted by molar-refractivity contribution is 7.28. The third kappa shape index (κ3) is 11.6. The summed E-state index contributed by atoms with van der Waals surface area (Å²) in [6, 6.07) is 0.925. The Kier molecular flexibility index (Phi) is 9.82. The van der Waals surface area contributed by atoms with Crippen LogP contribution in [0.1, 0.15) is 6.42 Å². The van der Waals surface area contributed by atoms with E-state index in [4.69, 9.17) is 26.2 Å². The lowest BCUT2D eigenvalue weighted by Gasteiger charge is -2.41. The van der Waals surface area contributed by atoms with Crippen molar-refractivity contribution in [3.63, 3.8) is 0 Å². The summed E-state index contributed by atoms with van der Waals surface area (Å²) < 4.78 is 36.6. The average Bonchev–Trinajstić information content (AvgIpc) is 3.24. The molecule has 0 radical (unpaired) electrons. The maximum Gasteiger partial charge on any atom is 0.315 e. The molecule has 3 unspecified atom stereocenters. The van der Waals surface area contributed by atoms with Crippen molar-refractivity contribution in [2.75, 3.05) is 26.9 Å². The molecule has 0 spiro atoms. The van der Waals surface area contributed by atoms with Crippen molar-refractivity contribution in [3.05, 3.63) is 0 Å². The van der Waals surface area contributed by atoms with Gasteiger partial charge in [0.25, 0.3) is 8.80 Å². The SMILES string of the molecule is CO[SiH](O[Si](C)(C)O[Si](C)(CCCOCC1CO1)O[Si](C)(C)C)[Si](C)(C)C. The maximum atomic E-state index is 6.73.